The largest absolute Gasteiger partial charge is 0.289 e. The average molecular weight is 277 g/mol. The second-order valence-corrected chi connectivity index (χ2v) is 4.64. The zero-order chi connectivity index (χ0) is 14.7. The van der Waals surface area contributed by atoms with Crippen molar-refractivity contribution in [3.63, 3.8) is 0 Å². The standard InChI is InChI=1S/C18H12FNO/c19-15-7-10-17-14(12-15)6-8-16(20-17)9-11-18(21)13-4-2-1-3-5-13/h1-12H/b11-9+. The highest BCUT2D eigenvalue weighted by Gasteiger charge is 2.01. The summed E-state index contributed by atoms with van der Waals surface area (Å²) in [5.74, 6) is -0.358. The van der Waals surface area contributed by atoms with Crippen molar-refractivity contribution >= 4 is 22.8 Å². The fourth-order valence-corrected chi connectivity index (χ4v) is 2.06. The highest BCUT2D eigenvalue weighted by Crippen LogP contribution is 2.15. The molecule has 3 heteroatoms. The van der Waals surface area contributed by atoms with E-state index < -0.39 is 0 Å². The number of rotatable bonds is 3. The molecule has 0 fully saturated rings. The van der Waals surface area contributed by atoms with Gasteiger partial charge in [-0.25, -0.2) is 9.37 Å². The van der Waals surface area contributed by atoms with Gasteiger partial charge in [-0.15, -0.1) is 0 Å². The van der Waals surface area contributed by atoms with E-state index >= 15 is 0 Å². The molecule has 3 aromatic rings. The second kappa shape index (κ2) is 5.67. The van der Waals surface area contributed by atoms with Crippen molar-refractivity contribution in [2.75, 3.05) is 0 Å². The van der Waals surface area contributed by atoms with Crippen LogP contribution in [0.15, 0.2) is 66.7 Å². The maximum absolute atomic E-state index is 13.1. The van der Waals surface area contributed by atoms with Crippen LogP contribution in [0.5, 0.6) is 0 Å². The molecule has 1 heterocycles. The number of pyridine rings is 1. The molecule has 0 aliphatic heterocycles. The van der Waals surface area contributed by atoms with Crippen LogP contribution in [-0.2, 0) is 0 Å². The molecule has 0 amide bonds. The lowest BCUT2D eigenvalue weighted by molar-refractivity contribution is 0.104. The van der Waals surface area contributed by atoms with Crippen molar-refractivity contribution in [2.45, 2.75) is 0 Å². The molecular formula is C18H12FNO. The van der Waals surface area contributed by atoms with E-state index in [4.69, 9.17) is 0 Å². The minimum Gasteiger partial charge on any atom is -0.289 e. The quantitative estimate of drug-likeness (QED) is 0.528. The van der Waals surface area contributed by atoms with Gasteiger partial charge in [0.15, 0.2) is 5.78 Å². The van der Waals surface area contributed by atoms with Crippen molar-refractivity contribution in [3.8, 4) is 0 Å². The first-order valence-electron chi connectivity index (χ1n) is 6.56. The van der Waals surface area contributed by atoms with Gasteiger partial charge in [-0.05, 0) is 36.4 Å². The van der Waals surface area contributed by atoms with E-state index in [-0.39, 0.29) is 11.6 Å². The Bertz CT molecular complexity index is 825. The van der Waals surface area contributed by atoms with Crippen LogP contribution in [0.25, 0.3) is 17.0 Å². The Balaban J connectivity index is 1.86. The molecule has 102 valence electrons. The number of hydrogen-bond donors (Lipinski definition) is 0. The number of hydrogen-bond acceptors (Lipinski definition) is 2. The Labute approximate surface area is 121 Å². The summed E-state index contributed by atoms with van der Waals surface area (Å²) in [6.07, 6.45) is 3.16. The third-order valence-electron chi connectivity index (χ3n) is 3.14. The summed E-state index contributed by atoms with van der Waals surface area (Å²) in [5.41, 5.74) is 2.00. The van der Waals surface area contributed by atoms with Crippen LogP contribution in [0.1, 0.15) is 16.1 Å². The van der Waals surface area contributed by atoms with Gasteiger partial charge in [0.05, 0.1) is 11.2 Å². The molecule has 2 nitrogen and oxygen atoms in total. The summed E-state index contributed by atoms with van der Waals surface area (Å²) >= 11 is 0. The van der Waals surface area contributed by atoms with E-state index in [0.29, 0.717) is 16.8 Å². The van der Waals surface area contributed by atoms with E-state index in [1.165, 1.54) is 18.2 Å². The third kappa shape index (κ3) is 3.03. The fraction of sp³-hybridized carbons (Fsp3) is 0. The summed E-state index contributed by atoms with van der Waals surface area (Å²) in [4.78, 5) is 16.3. The third-order valence-corrected chi connectivity index (χ3v) is 3.14. The number of aromatic nitrogens is 1. The van der Waals surface area contributed by atoms with Crippen molar-refractivity contribution in [2.24, 2.45) is 0 Å². The van der Waals surface area contributed by atoms with Crippen molar-refractivity contribution in [3.05, 3.63) is 83.8 Å². The highest BCUT2D eigenvalue weighted by atomic mass is 19.1. The second-order valence-electron chi connectivity index (χ2n) is 4.64. The molecule has 0 spiro atoms. The van der Waals surface area contributed by atoms with Crippen LogP contribution in [0.2, 0.25) is 0 Å². The van der Waals surface area contributed by atoms with E-state index in [0.717, 1.165) is 5.39 Å². The molecule has 0 bridgehead atoms. The zero-order valence-electron chi connectivity index (χ0n) is 11.2. The summed E-state index contributed by atoms with van der Waals surface area (Å²) in [5, 5.41) is 0.738. The molecule has 0 saturated heterocycles. The van der Waals surface area contributed by atoms with Gasteiger partial charge in [0.25, 0.3) is 0 Å². The van der Waals surface area contributed by atoms with Gasteiger partial charge < -0.3 is 0 Å². The Hall–Kier alpha value is -2.81. The van der Waals surface area contributed by atoms with Crippen LogP contribution in [0.4, 0.5) is 4.39 Å². The fourth-order valence-electron chi connectivity index (χ4n) is 2.06. The van der Waals surface area contributed by atoms with Crippen molar-refractivity contribution in [1.82, 2.24) is 4.98 Å². The molecule has 1 aromatic heterocycles. The first-order chi connectivity index (χ1) is 10.2. The number of halogens is 1. The first-order valence-corrected chi connectivity index (χ1v) is 6.56. The summed E-state index contributed by atoms with van der Waals surface area (Å²) in [7, 11) is 0. The van der Waals surface area contributed by atoms with E-state index in [1.807, 2.05) is 18.2 Å². The molecule has 0 aliphatic carbocycles. The van der Waals surface area contributed by atoms with Gasteiger partial charge >= 0.3 is 0 Å². The van der Waals surface area contributed by atoms with Crippen LogP contribution >= 0.6 is 0 Å². The number of carbonyl (C=O) groups is 1. The molecule has 2 aromatic carbocycles. The molecule has 0 atom stereocenters. The summed E-state index contributed by atoms with van der Waals surface area (Å²) < 4.78 is 13.1. The molecule has 0 N–H and O–H groups in total. The summed E-state index contributed by atoms with van der Waals surface area (Å²) in [6.45, 7) is 0. The molecule has 21 heavy (non-hydrogen) atoms. The average Bonchev–Trinajstić information content (AvgIpc) is 2.53. The van der Waals surface area contributed by atoms with Gasteiger partial charge in [-0.2, -0.15) is 0 Å². The topological polar surface area (TPSA) is 30.0 Å². The lowest BCUT2D eigenvalue weighted by atomic mass is 10.1. The molecule has 0 saturated carbocycles. The van der Waals surface area contributed by atoms with Gasteiger partial charge in [-0.3, -0.25) is 4.79 Å². The Morgan fingerprint density at radius 1 is 1.00 bits per heavy atom. The maximum Gasteiger partial charge on any atom is 0.185 e. The number of carbonyl (C=O) groups excluding carboxylic acids is 1. The van der Waals surface area contributed by atoms with E-state index in [2.05, 4.69) is 4.98 Å². The van der Waals surface area contributed by atoms with Crippen molar-refractivity contribution < 1.29 is 9.18 Å². The summed E-state index contributed by atoms with van der Waals surface area (Å²) in [6, 6.07) is 17.0. The normalized spacial score (nSPS) is 11.1. The van der Waals surface area contributed by atoms with Gasteiger partial charge in [0, 0.05) is 10.9 Å². The number of fused-ring (bicyclic) bond motifs is 1. The van der Waals surface area contributed by atoms with Crippen molar-refractivity contribution in [1.29, 1.82) is 0 Å². The monoisotopic (exact) mass is 277 g/mol. The number of ketones is 1. The van der Waals surface area contributed by atoms with Crippen LogP contribution < -0.4 is 0 Å². The number of benzene rings is 2. The van der Waals surface area contributed by atoms with E-state index in [1.54, 1.807) is 36.4 Å². The van der Waals surface area contributed by atoms with Crippen LogP contribution in [0, 0.1) is 5.82 Å². The minimum atomic E-state index is -0.285. The molecule has 0 unspecified atom stereocenters. The first kappa shape index (κ1) is 13.2. The Morgan fingerprint density at radius 3 is 2.62 bits per heavy atom. The molecule has 3 rings (SSSR count). The van der Waals surface area contributed by atoms with Crippen LogP contribution in [-0.4, -0.2) is 10.8 Å². The molecule has 0 aliphatic rings. The molecule has 0 radical (unpaired) electrons. The minimum absolute atomic E-state index is 0.0726. The smallest absolute Gasteiger partial charge is 0.185 e. The lowest BCUT2D eigenvalue weighted by Gasteiger charge is -1.99. The predicted molar refractivity (Wildman–Crippen MR) is 81.5 cm³/mol. The maximum atomic E-state index is 13.1. The zero-order valence-corrected chi connectivity index (χ0v) is 11.2. The Kier molecular flexibility index (Phi) is 3.56. The number of nitrogens with zero attached hydrogens (tertiary/aromatic N) is 1. The van der Waals surface area contributed by atoms with Crippen LogP contribution in [0.3, 0.4) is 0 Å². The SMILES string of the molecule is O=C(/C=C/c1ccc2cc(F)ccc2n1)c1ccccc1. The van der Waals surface area contributed by atoms with Gasteiger partial charge in [-0.1, -0.05) is 36.4 Å². The highest BCUT2D eigenvalue weighted by molar-refractivity contribution is 6.06. The van der Waals surface area contributed by atoms with Gasteiger partial charge in [0.2, 0.25) is 0 Å². The number of allylic oxidation sites excluding steroid dienone is 1. The molecular weight excluding hydrogens is 265 g/mol. The Morgan fingerprint density at radius 2 is 1.81 bits per heavy atom. The predicted octanol–water partition coefficient (Wildman–Crippen LogP) is 4.27. The van der Waals surface area contributed by atoms with E-state index in [9.17, 15) is 9.18 Å². The van der Waals surface area contributed by atoms with Gasteiger partial charge in [0.1, 0.15) is 5.82 Å². The lowest BCUT2D eigenvalue weighted by Crippen LogP contribution is -1.93.